The molecule has 2 nitrogen and oxygen atoms in total. The summed E-state index contributed by atoms with van der Waals surface area (Å²) >= 11 is 0. The Morgan fingerprint density at radius 2 is 1.94 bits per heavy atom. The summed E-state index contributed by atoms with van der Waals surface area (Å²) in [5.41, 5.74) is 7.50. The molecule has 18 heavy (non-hydrogen) atoms. The number of hydrogen-bond donors (Lipinski definition) is 1. The second kappa shape index (κ2) is 9.46. The lowest BCUT2D eigenvalue weighted by molar-refractivity contribution is -0.120. The Morgan fingerprint density at radius 1 is 1.39 bits per heavy atom. The SMILES string of the molecule is C=C(C)CC.C[C@H](C(N)=O)C1=C/C/C=C\C/C=C\1. The maximum atomic E-state index is 10.9. The summed E-state index contributed by atoms with van der Waals surface area (Å²) in [6.45, 7) is 9.64. The first-order valence-corrected chi connectivity index (χ1v) is 6.44. The topological polar surface area (TPSA) is 43.1 Å². The highest BCUT2D eigenvalue weighted by Gasteiger charge is 2.11. The van der Waals surface area contributed by atoms with Gasteiger partial charge in [-0.2, -0.15) is 0 Å². The lowest BCUT2D eigenvalue weighted by atomic mass is 9.97. The van der Waals surface area contributed by atoms with E-state index in [1.165, 1.54) is 5.57 Å². The van der Waals surface area contributed by atoms with E-state index < -0.39 is 0 Å². The molecule has 0 aromatic carbocycles. The molecule has 1 amide bonds. The summed E-state index contributed by atoms with van der Waals surface area (Å²) in [4.78, 5) is 10.9. The molecule has 0 aromatic heterocycles. The Balaban J connectivity index is 0.000000494. The van der Waals surface area contributed by atoms with Crippen molar-refractivity contribution >= 4 is 5.91 Å². The van der Waals surface area contributed by atoms with Gasteiger partial charge in [-0.25, -0.2) is 0 Å². The van der Waals surface area contributed by atoms with E-state index in [1.54, 1.807) is 0 Å². The average Bonchev–Trinajstić information content (AvgIpc) is 2.28. The van der Waals surface area contributed by atoms with Crippen molar-refractivity contribution in [1.29, 1.82) is 0 Å². The van der Waals surface area contributed by atoms with Gasteiger partial charge in [0, 0.05) is 0 Å². The summed E-state index contributed by atoms with van der Waals surface area (Å²) in [5, 5.41) is 0. The molecule has 1 atom stereocenters. The molecule has 0 saturated heterocycles. The smallest absolute Gasteiger partial charge is 0.224 e. The molecule has 0 heterocycles. The second-order valence-corrected chi connectivity index (χ2v) is 4.48. The quantitative estimate of drug-likeness (QED) is 0.755. The zero-order valence-electron chi connectivity index (χ0n) is 11.8. The van der Waals surface area contributed by atoms with Crippen LogP contribution in [0.4, 0.5) is 0 Å². The van der Waals surface area contributed by atoms with Gasteiger partial charge in [-0.1, -0.05) is 42.9 Å². The molecule has 1 aliphatic carbocycles. The van der Waals surface area contributed by atoms with Crippen LogP contribution in [0.1, 0.15) is 40.0 Å². The number of carbonyl (C=O) groups excluding carboxylic acids is 1. The van der Waals surface area contributed by atoms with Gasteiger partial charge in [0.2, 0.25) is 5.91 Å². The van der Waals surface area contributed by atoms with Gasteiger partial charge in [0.25, 0.3) is 0 Å². The van der Waals surface area contributed by atoms with Gasteiger partial charge in [0.15, 0.2) is 0 Å². The monoisotopic (exact) mass is 247 g/mol. The lowest BCUT2D eigenvalue weighted by Crippen LogP contribution is -2.21. The van der Waals surface area contributed by atoms with E-state index in [4.69, 9.17) is 5.73 Å². The van der Waals surface area contributed by atoms with Gasteiger partial charge in [0.05, 0.1) is 5.92 Å². The summed E-state index contributed by atoms with van der Waals surface area (Å²) in [7, 11) is 0. The summed E-state index contributed by atoms with van der Waals surface area (Å²) in [6.07, 6.45) is 13.2. The van der Waals surface area contributed by atoms with E-state index in [9.17, 15) is 4.79 Å². The first-order valence-electron chi connectivity index (χ1n) is 6.44. The van der Waals surface area contributed by atoms with Gasteiger partial charge < -0.3 is 5.73 Å². The molecule has 2 heteroatoms. The Hall–Kier alpha value is -1.57. The third-order valence-corrected chi connectivity index (χ3v) is 2.77. The Kier molecular flexibility index (Phi) is 8.63. The van der Waals surface area contributed by atoms with Gasteiger partial charge in [0.1, 0.15) is 0 Å². The third kappa shape index (κ3) is 7.66. The molecule has 1 aliphatic rings. The highest BCUT2D eigenvalue weighted by Crippen LogP contribution is 2.14. The van der Waals surface area contributed by atoms with Crippen LogP contribution in [0.25, 0.3) is 0 Å². The number of carbonyl (C=O) groups is 1. The average molecular weight is 247 g/mol. The fourth-order valence-corrected chi connectivity index (χ4v) is 1.23. The molecule has 0 radical (unpaired) electrons. The Morgan fingerprint density at radius 3 is 2.44 bits per heavy atom. The molecular formula is C16H25NO. The molecule has 0 fully saturated rings. The fourth-order valence-electron chi connectivity index (χ4n) is 1.23. The van der Waals surface area contributed by atoms with Crippen molar-refractivity contribution in [2.24, 2.45) is 11.7 Å². The second-order valence-electron chi connectivity index (χ2n) is 4.48. The number of hydrogen-bond acceptors (Lipinski definition) is 1. The van der Waals surface area contributed by atoms with Crippen LogP contribution in [0, 0.1) is 5.92 Å². The zero-order valence-corrected chi connectivity index (χ0v) is 11.8. The molecule has 0 aliphatic heterocycles. The fraction of sp³-hybridized carbons (Fsp3) is 0.438. The maximum Gasteiger partial charge on any atom is 0.224 e. The molecule has 100 valence electrons. The van der Waals surface area contributed by atoms with Gasteiger partial charge in [-0.3, -0.25) is 4.79 Å². The number of nitrogens with two attached hydrogens (primary N) is 1. The van der Waals surface area contributed by atoms with E-state index in [2.05, 4.69) is 25.7 Å². The predicted molar refractivity (Wildman–Crippen MR) is 79.1 cm³/mol. The lowest BCUT2D eigenvalue weighted by Gasteiger charge is -2.09. The van der Waals surface area contributed by atoms with E-state index in [1.807, 2.05) is 32.1 Å². The molecule has 0 bridgehead atoms. The largest absolute Gasteiger partial charge is 0.369 e. The minimum absolute atomic E-state index is 0.178. The van der Waals surface area contributed by atoms with E-state index >= 15 is 0 Å². The highest BCUT2D eigenvalue weighted by atomic mass is 16.1. The summed E-state index contributed by atoms with van der Waals surface area (Å²) in [5.74, 6) is -0.441. The van der Waals surface area contributed by atoms with Crippen molar-refractivity contribution in [2.75, 3.05) is 0 Å². The van der Waals surface area contributed by atoms with Crippen LogP contribution in [0.15, 0.2) is 48.1 Å². The van der Waals surface area contributed by atoms with Crippen LogP contribution in [0.3, 0.4) is 0 Å². The van der Waals surface area contributed by atoms with Gasteiger partial charge >= 0.3 is 0 Å². The van der Waals surface area contributed by atoms with Crippen molar-refractivity contribution in [3.63, 3.8) is 0 Å². The summed E-state index contributed by atoms with van der Waals surface area (Å²) < 4.78 is 0. The van der Waals surface area contributed by atoms with Crippen LogP contribution in [0.2, 0.25) is 0 Å². The molecule has 0 saturated carbocycles. The Labute approximate surface area is 111 Å². The molecule has 2 N–H and O–H groups in total. The van der Waals surface area contributed by atoms with Gasteiger partial charge in [-0.15, -0.1) is 6.58 Å². The number of allylic oxidation sites excluding steroid dienone is 6. The van der Waals surface area contributed by atoms with Crippen LogP contribution in [0.5, 0.6) is 0 Å². The van der Waals surface area contributed by atoms with Crippen molar-refractivity contribution in [3.05, 3.63) is 48.1 Å². The molecule has 0 unspecified atom stereocenters. The molecular weight excluding hydrogens is 222 g/mol. The van der Waals surface area contributed by atoms with E-state index in [0.717, 1.165) is 24.8 Å². The first kappa shape index (κ1) is 16.4. The summed E-state index contributed by atoms with van der Waals surface area (Å²) in [6, 6.07) is 0. The Bertz CT molecular complexity index is 361. The van der Waals surface area contributed by atoms with Crippen LogP contribution in [-0.4, -0.2) is 5.91 Å². The van der Waals surface area contributed by atoms with Crippen molar-refractivity contribution in [3.8, 4) is 0 Å². The minimum atomic E-state index is -0.263. The normalized spacial score (nSPS) is 22.1. The standard InChI is InChI=1S/C11H15NO.C5H10/c1-9(11(12)13)10-7-5-3-2-4-6-8-10;1-4-5(2)3/h2-3,6-9H,4-5H2,1H3,(H2,12,13);2,4H2,1,3H3/b3-2-,8-6-,10-7+;/t9-;/m0./s1. The maximum absolute atomic E-state index is 10.9. The minimum Gasteiger partial charge on any atom is -0.369 e. The molecule has 1 rings (SSSR count). The van der Waals surface area contributed by atoms with Crippen LogP contribution < -0.4 is 5.73 Å². The third-order valence-electron chi connectivity index (χ3n) is 2.77. The van der Waals surface area contributed by atoms with Crippen LogP contribution >= 0.6 is 0 Å². The predicted octanol–water partition coefficient (Wildman–Crippen LogP) is 3.91. The highest BCUT2D eigenvalue weighted by molar-refractivity contribution is 5.80. The molecule has 0 aromatic rings. The van der Waals surface area contributed by atoms with E-state index in [0.29, 0.717) is 0 Å². The number of rotatable bonds is 3. The van der Waals surface area contributed by atoms with Crippen molar-refractivity contribution in [1.82, 2.24) is 0 Å². The zero-order chi connectivity index (χ0) is 14.0. The van der Waals surface area contributed by atoms with E-state index in [-0.39, 0.29) is 11.8 Å². The van der Waals surface area contributed by atoms with Crippen molar-refractivity contribution < 1.29 is 4.79 Å². The number of amides is 1. The van der Waals surface area contributed by atoms with Gasteiger partial charge in [-0.05, 0) is 38.7 Å². The number of primary amides is 1. The first-order chi connectivity index (χ1) is 8.49. The van der Waals surface area contributed by atoms with Crippen LogP contribution in [-0.2, 0) is 4.79 Å². The van der Waals surface area contributed by atoms with Crippen molar-refractivity contribution in [2.45, 2.75) is 40.0 Å². The molecule has 0 spiro atoms.